The summed E-state index contributed by atoms with van der Waals surface area (Å²) in [7, 11) is -3.70. The number of aromatic nitrogens is 1. The van der Waals surface area contributed by atoms with Gasteiger partial charge in [-0.05, 0) is 33.8 Å². The zero-order chi connectivity index (χ0) is 16.0. The molecule has 0 spiro atoms. The van der Waals surface area contributed by atoms with Crippen molar-refractivity contribution in [3.8, 4) is 0 Å². The van der Waals surface area contributed by atoms with Crippen LogP contribution in [0, 0.1) is 0 Å². The van der Waals surface area contributed by atoms with E-state index in [1.165, 1.54) is 13.1 Å². The summed E-state index contributed by atoms with van der Waals surface area (Å²) < 4.78 is 29.3. The highest BCUT2D eigenvalue weighted by molar-refractivity contribution is 7.54. The molecule has 0 N–H and O–H groups in total. The fraction of sp³-hybridized carbons (Fsp3) is 0.571. The predicted molar refractivity (Wildman–Crippen MR) is 78.8 cm³/mol. The Morgan fingerprint density at radius 1 is 1.19 bits per heavy atom. The van der Waals surface area contributed by atoms with Gasteiger partial charge in [-0.2, -0.15) is 0 Å². The van der Waals surface area contributed by atoms with Crippen molar-refractivity contribution in [2.24, 2.45) is 0 Å². The molecule has 1 aromatic heterocycles. The molecule has 0 radical (unpaired) electrons. The maximum atomic E-state index is 13.1. The van der Waals surface area contributed by atoms with Crippen LogP contribution in [0.15, 0.2) is 24.5 Å². The average Bonchev–Trinajstić information content (AvgIpc) is 2.34. The number of pyridine rings is 1. The Hall–Kier alpha value is -1.23. The van der Waals surface area contributed by atoms with Gasteiger partial charge in [-0.1, -0.05) is 6.07 Å². The number of esters is 1. The second-order valence-electron chi connectivity index (χ2n) is 5.10. The third-order valence-corrected chi connectivity index (χ3v) is 4.66. The van der Waals surface area contributed by atoms with E-state index in [9.17, 15) is 9.36 Å². The molecule has 0 bridgehead atoms. The molecule has 1 heterocycles. The van der Waals surface area contributed by atoms with Gasteiger partial charge < -0.3 is 13.8 Å². The van der Waals surface area contributed by atoms with Crippen molar-refractivity contribution in [3.05, 3.63) is 30.1 Å². The van der Waals surface area contributed by atoms with Crippen molar-refractivity contribution in [3.63, 3.8) is 0 Å². The van der Waals surface area contributed by atoms with E-state index in [0.717, 1.165) is 0 Å². The van der Waals surface area contributed by atoms with Crippen molar-refractivity contribution in [1.82, 2.24) is 4.98 Å². The lowest BCUT2D eigenvalue weighted by atomic mass is 10.3. The molecule has 1 atom stereocenters. The van der Waals surface area contributed by atoms with Gasteiger partial charge in [0.15, 0.2) is 0 Å². The lowest BCUT2D eigenvalue weighted by Gasteiger charge is -2.29. The Morgan fingerprint density at radius 3 is 2.14 bits per heavy atom. The molecular weight excluding hydrogens is 293 g/mol. The molecule has 7 heteroatoms. The first-order valence-corrected chi connectivity index (χ1v) is 8.39. The molecule has 21 heavy (non-hydrogen) atoms. The first-order valence-electron chi connectivity index (χ1n) is 6.78. The Labute approximate surface area is 125 Å². The van der Waals surface area contributed by atoms with E-state index in [4.69, 9.17) is 13.8 Å². The molecular formula is C14H22NO5P. The maximum Gasteiger partial charge on any atom is 0.376 e. The summed E-state index contributed by atoms with van der Waals surface area (Å²) >= 11 is 0. The van der Waals surface area contributed by atoms with E-state index < -0.39 is 19.4 Å². The Balaban J connectivity index is 3.23. The van der Waals surface area contributed by atoms with E-state index >= 15 is 0 Å². The molecule has 0 saturated heterocycles. The minimum atomic E-state index is -3.70. The van der Waals surface area contributed by atoms with Crippen molar-refractivity contribution < 1.29 is 23.1 Å². The molecule has 0 fully saturated rings. The van der Waals surface area contributed by atoms with Gasteiger partial charge in [0.2, 0.25) is 5.85 Å². The van der Waals surface area contributed by atoms with Crippen LogP contribution >= 0.6 is 7.60 Å². The van der Waals surface area contributed by atoms with E-state index in [2.05, 4.69) is 4.98 Å². The van der Waals surface area contributed by atoms with E-state index in [0.29, 0.717) is 5.56 Å². The summed E-state index contributed by atoms with van der Waals surface area (Å²) in [5.74, 6) is -1.70. The highest BCUT2D eigenvalue weighted by Crippen LogP contribution is 2.62. The molecule has 0 aliphatic rings. The highest BCUT2D eigenvalue weighted by atomic mass is 31.2. The number of ether oxygens (including phenoxy) is 1. The van der Waals surface area contributed by atoms with Crippen molar-refractivity contribution >= 4 is 13.6 Å². The van der Waals surface area contributed by atoms with Crippen LogP contribution < -0.4 is 0 Å². The summed E-state index contributed by atoms with van der Waals surface area (Å²) in [6.45, 7) is 8.21. The Kier molecular flexibility index (Phi) is 6.52. The molecule has 6 nitrogen and oxygen atoms in total. The second kappa shape index (κ2) is 7.69. The fourth-order valence-corrected chi connectivity index (χ4v) is 3.96. The molecule has 1 rings (SSSR count). The van der Waals surface area contributed by atoms with Crippen molar-refractivity contribution in [1.29, 1.82) is 0 Å². The number of rotatable bonds is 7. The van der Waals surface area contributed by atoms with E-state index in [1.54, 1.807) is 46.0 Å². The standard InChI is InChI=1S/C14H22NO5P/c1-10(2)19-21(17,20-11(3)4)14(18-12(5)16)13-7-6-8-15-9-13/h6-11,14H,1-5H3/t14-/m1/s1. The molecule has 0 unspecified atom stereocenters. The highest BCUT2D eigenvalue weighted by Gasteiger charge is 2.42. The minimum Gasteiger partial charge on any atom is -0.444 e. The lowest BCUT2D eigenvalue weighted by Crippen LogP contribution is -2.17. The van der Waals surface area contributed by atoms with Gasteiger partial charge in [0.05, 0.1) is 12.2 Å². The smallest absolute Gasteiger partial charge is 0.376 e. The van der Waals surface area contributed by atoms with E-state index in [-0.39, 0.29) is 12.2 Å². The summed E-state index contributed by atoms with van der Waals surface area (Å²) in [6.07, 6.45) is 2.37. The van der Waals surface area contributed by atoms with Crippen molar-refractivity contribution in [2.75, 3.05) is 0 Å². The molecule has 0 aromatic carbocycles. The largest absolute Gasteiger partial charge is 0.444 e. The molecule has 0 aliphatic heterocycles. The second-order valence-corrected chi connectivity index (χ2v) is 7.07. The number of hydrogen-bond donors (Lipinski definition) is 0. The van der Waals surface area contributed by atoms with Crippen LogP contribution in [0.1, 0.15) is 46.0 Å². The number of nitrogens with zero attached hydrogens (tertiary/aromatic N) is 1. The van der Waals surface area contributed by atoms with E-state index in [1.807, 2.05) is 0 Å². The van der Waals surface area contributed by atoms with Gasteiger partial charge in [0.1, 0.15) is 0 Å². The summed E-state index contributed by atoms with van der Waals surface area (Å²) in [4.78, 5) is 15.3. The van der Waals surface area contributed by atoms with Gasteiger partial charge in [0, 0.05) is 24.9 Å². The SMILES string of the molecule is CC(=O)O[C@@H](c1cccnc1)P(=O)(OC(C)C)OC(C)C. The number of hydrogen-bond acceptors (Lipinski definition) is 6. The molecule has 118 valence electrons. The van der Waals surface area contributed by atoms with Crippen LogP contribution in [0.3, 0.4) is 0 Å². The van der Waals surface area contributed by atoms with Gasteiger partial charge in [0.25, 0.3) is 0 Å². The molecule has 0 amide bonds. The van der Waals surface area contributed by atoms with Crippen LogP contribution in [-0.2, 0) is 23.1 Å². The molecule has 1 aromatic rings. The maximum absolute atomic E-state index is 13.1. The van der Waals surface area contributed by atoms with Crippen molar-refractivity contribution in [2.45, 2.75) is 52.7 Å². The third-order valence-electron chi connectivity index (χ3n) is 2.25. The fourth-order valence-electron chi connectivity index (χ4n) is 1.72. The summed E-state index contributed by atoms with van der Waals surface area (Å²) in [5.41, 5.74) is 0.470. The lowest BCUT2D eigenvalue weighted by molar-refractivity contribution is -0.144. The van der Waals surface area contributed by atoms with Gasteiger partial charge in [-0.15, -0.1) is 0 Å². The van der Waals surface area contributed by atoms with Gasteiger partial charge in [-0.3, -0.25) is 14.3 Å². The monoisotopic (exact) mass is 315 g/mol. The van der Waals surface area contributed by atoms with Gasteiger partial charge in [-0.25, -0.2) is 0 Å². The Bertz CT molecular complexity index is 489. The summed E-state index contributed by atoms with van der Waals surface area (Å²) in [6, 6.07) is 3.33. The molecule has 0 saturated carbocycles. The van der Waals surface area contributed by atoms with Crippen LogP contribution in [0.4, 0.5) is 0 Å². The zero-order valence-electron chi connectivity index (χ0n) is 13.0. The Morgan fingerprint density at radius 2 is 1.76 bits per heavy atom. The number of carbonyl (C=O) groups is 1. The van der Waals surface area contributed by atoms with Crippen LogP contribution in [-0.4, -0.2) is 23.2 Å². The first-order chi connectivity index (χ1) is 9.74. The third kappa shape index (κ3) is 5.58. The van der Waals surface area contributed by atoms with Crippen LogP contribution in [0.5, 0.6) is 0 Å². The average molecular weight is 315 g/mol. The van der Waals surface area contributed by atoms with Crippen LogP contribution in [0.2, 0.25) is 0 Å². The first kappa shape index (κ1) is 17.8. The topological polar surface area (TPSA) is 74.7 Å². The zero-order valence-corrected chi connectivity index (χ0v) is 13.9. The molecule has 0 aliphatic carbocycles. The minimum absolute atomic E-state index is 0.343. The predicted octanol–water partition coefficient (Wildman–Crippen LogP) is 3.69. The summed E-state index contributed by atoms with van der Waals surface area (Å²) in [5, 5.41) is 0. The number of carbonyl (C=O) groups excluding carboxylic acids is 1. The quantitative estimate of drug-likeness (QED) is 0.564. The van der Waals surface area contributed by atoms with Gasteiger partial charge >= 0.3 is 13.6 Å². The van der Waals surface area contributed by atoms with Crippen LogP contribution in [0.25, 0.3) is 0 Å². The normalized spacial score (nSPS) is 13.5.